The molecule has 0 aliphatic heterocycles. The molecule has 0 saturated heterocycles. The molecule has 142 valence electrons. The quantitative estimate of drug-likeness (QED) is 0.119. The Balaban J connectivity index is 3.24. The van der Waals surface area contributed by atoms with Crippen LogP contribution in [0.4, 0.5) is 0 Å². The van der Waals surface area contributed by atoms with E-state index in [9.17, 15) is 4.79 Å². The minimum absolute atomic E-state index is 0.0277. The van der Waals surface area contributed by atoms with Gasteiger partial charge in [0.1, 0.15) is 0 Å². The van der Waals surface area contributed by atoms with Crippen LogP contribution >= 0.6 is 18.2 Å². The molecular formula is C19H38O2S2Sn. The van der Waals surface area contributed by atoms with Crippen LogP contribution in [0.3, 0.4) is 0 Å². The van der Waals surface area contributed by atoms with Crippen LogP contribution in [0.1, 0.15) is 97.3 Å². The SMILES string of the molecule is CCCCCCCCCCCCOC(=O)CC[S][Sn](=[S])[CH2]CCC. The molecule has 24 heavy (non-hydrogen) atoms. The molecule has 0 fully saturated rings. The van der Waals surface area contributed by atoms with E-state index >= 15 is 0 Å². The second-order valence-electron chi connectivity index (χ2n) is 6.48. The zero-order valence-corrected chi connectivity index (χ0v) is 20.4. The van der Waals surface area contributed by atoms with E-state index in [4.69, 9.17) is 14.0 Å². The first kappa shape index (κ1) is 24.8. The van der Waals surface area contributed by atoms with Gasteiger partial charge in [-0.3, -0.25) is 0 Å². The number of esters is 1. The monoisotopic (exact) mass is 482 g/mol. The van der Waals surface area contributed by atoms with Crippen molar-refractivity contribution in [2.24, 2.45) is 0 Å². The molecule has 0 aliphatic rings. The third kappa shape index (κ3) is 19.2. The van der Waals surface area contributed by atoms with Crippen molar-refractivity contribution in [3.8, 4) is 0 Å². The summed E-state index contributed by atoms with van der Waals surface area (Å²) < 4.78 is 6.58. The number of carbonyl (C=O) groups is 1. The number of hydrogen-bond donors (Lipinski definition) is 0. The molecule has 0 amide bonds. The van der Waals surface area contributed by atoms with Crippen molar-refractivity contribution in [1.82, 2.24) is 0 Å². The van der Waals surface area contributed by atoms with Gasteiger partial charge in [-0.15, -0.1) is 0 Å². The van der Waals surface area contributed by atoms with Crippen molar-refractivity contribution >= 4 is 40.6 Å². The van der Waals surface area contributed by atoms with Gasteiger partial charge in [-0.05, 0) is 0 Å². The number of carbonyl (C=O) groups excluding carboxylic acids is 1. The van der Waals surface area contributed by atoms with Crippen LogP contribution in [0.25, 0.3) is 0 Å². The Bertz CT molecular complexity index is 312. The summed E-state index contributed by atoms with van der Waals surface area (Å²) in [6.45, 7) is 5.08. The number of unbranched alkanes of at least 4 members (excludes halogenated alkanes) is 10. The summed E-state index contributed by atoms with van der Waals surface area (Å²) in [5.74, 6) is 0.860. The summed E-state index contributed by atoms with van der Waals surface area (Å²) in [4.78, 5) is 11.7. The molecule has 0 unspecified atom stereocenters. The number of ether oxygens (including phenoxy) is 1. The maximum atomic E-state index is 11.7. The van der Waals surface area contributed by atoms with Crippen LogP contribution < -0.4 is 0 Å². The van der Waals surface area contributed by atoms with Gasteiger partial charge in [0.2, 0.25) is 0 Å². The van der Waals surface area contributed by atoms with Gasteiger partial charge < -0.3 is 0 Å². The fourth-order valence-corrected chi connectivity index (χ4v) is 12.6. The van der Waals surface area contributed by atoms with Gasteiger partial charge >= 0.3 is 132 Å². The van der Waals surface area contributed by atoms with Crippen LogP contribution in [-0.4, -0.2) is 34.8 Å². The van der Waals surface area contributed by atoms with Crippen LogP contribution in [0.2, 0.25) is 4.44 Å². The summed E-state index contributed by atoms with van der Waals surface area (Å²) in [7, 11) is 7.46. The van der Waals surface area contributed by atoms with Gasteiger partial charge in [0.15, 0.2) is 0 Å². The summed E-state index contributed by atoms with van der Waals surface area (Å²) in [5.41, 5.74) is 0. The summed E-state index contributed by atoms with van der Waals surface area (Å²) in [5, 5.41) is 0. The van der Waals surface area contributed by atoms with Crippen LogP contribution in [0.5, 0.6) is 0 Å². The average Bonchev–Trinajstić information content (AvgIpc) is 2.57. The topological polar surface area (TPSA) is 26.3 Å². The van der Waals surface area contributed by atoms with Crippen molar-refractivity contribution < 1.29 is 9.53 Å². The van der Waals surface area contributed by atoms with Crippen molar-refractivity contribution in [3.05, 3.63) is 0 Å². The number of hydrogen-bond acceptors (Lipinski definition) is 4. The van der Waals surface area contributed by atoms with Crippen LogP contribution in [0, 0.1) is 0 Å². The van der Waals surface area contributed by atoms with Crippen molar-refractivity contribution in [2.75, 3.05) is 12.4 Å². The Labute approximate surface area is 163 Å². The molecular weight excluding hydrogens is 443 g/mol. The van der Waals surface area contributed by atoms with E-state index in [0.717, 1.165) is 12.2 Å². The zero-order chi connectivity index (χ0) is 17.9. The summed E-state index contributed by atoms with van der Waals surface area (Å²) >= 11 is -1.58. The van der Waals surface area contributed by atoms with Gasteiger partial charge in [0, 0.05) is 0 Å². The zero-order valence-electron chi connectivity index (χ0n) is 15.9. The average molecular weight is 481 g/mol. The Kier molecular flexibility index (Phi) is 20.9. The predicted molar refractivity (Wildman–Crippen MR) is 113 cm³/mol. The maximum absolute atomic E-state index is 11.7. The first-order valence-electron chi connectivity index (χ1n) is 10.0. The molecule has 0 rings (SSSR count). The molecule has 0 atom stereocenters. The van der Waals surface area contributed by atoms with Gasteiger partial charge in [-0.1, -0.05) is 32.6 Å². The molecule has 0 saturated carbocycles. The van der Waals surface area contributed by atoms with Crippen molar-refractivity contribution in [1.29, 1.82) is 0 Å². The molecule has 0 radical (unpaired) electrons. The van der Waals surface area contributed by atoms with Crippen molar-refractivity contribution in [3.63, 3.8) is 0 Å². The predicted octanol–water partition coefficient (Wildman–Crippen LogP) is 7.06. The van der Waals surface area contributed by atoms with Crippen LogP contribution in [-0.2, 0) is 9.53 Å². The van der Waals surface area contributed by atoms with E-state index in [1.54, 1.807) is 0 Å². The fraction of sp³-hybridized carbons (Fsp3) is 0.947. The molecule has 0 heterocycles. The van der Waals surface area contributed by atoms with Gasteiger partial charge in [0.05, 0.1) is 0 Å². The van der Waals surface area contributed by atoms with Gasteiger partial charge in [-0.2, -0.15) is 0 Å². The second kappa shape index (κ2) is 20.2. The van der Waals surface area contributed by atoms with Crippen molar-refractivity contribution in [2.45, 2.75) is 102 Å². The first-order valence-corrected chi connectivity index (χ1v) is 20.4. The van der Waals surface area contributed by atoms with E-state index < -0.39 is 16.4 Å². The van der Waals surface area contributed by atoms with E-state index in [0.29, 0.717) is 13.0 Å². The summed E-state index contributed by atoms with van der Waals surface area (Å²) in [6.07, 6.45) is 16.2. The molecule has 2 nitrogen and oxygen atoms in total. The Hall–Kier alpha value is 0.839. The Morgan fingerprint density at radius 1 is 0.875 bits per heavy atom. The first-order chi connectivity index (χ1) is 11.7. The third-order valence-corrected chi connectivity index (χ3v) is 16.6. The number of rotatable bonds is 18. The normalized spacial score (nSPS) is 10.8. The fourth-order valence-electron chi connectivity index (χ4n) is 2.49. The second-order valence-corrected chi connectivity index (χ2v) is 21.5. The molecule has 0 spiro atoms. The molecule has 0 aliphatic carbocycles. The molecule has 0 aromatic rings. The van der Waals surface area contributed by atoms with E-state index in [1.165, 1.54) is 75.1 Å². The molecule has 0 aromatic carbocycles. The summed E-state index contributed by atoms with van der Waals surface area (Å²) in [6, 6.07) is 0. The Morgan fingerprint density at radius 3 is 2.00 bits per heavy atom. The van der Waals surface area contributed by atoms with E-state index in [-0.39, 0.29) is 5.97 Å². The van der Waals surface area contributed by atoms with Gasteiger partial charge in [-0.25, -0.2) is 0 Å². The molecule has 5 heteroatoms. The standard InChI is InChI=1S/C15H30O2S.C4H9.S.Sn/c1-2-3-4-5-6-7-8-9-10-11-13-17-15(16)12-14-18;1-3-4-2;;/h18H,2-14H2,1H3;1,3-4H2,2H3;;/q;;;+1/p-1. The molecule has 0 bridgehead atoms. The van der Waals surface area contributed by atoms with Crippen LogP contribution in [0.15, 0.2) is 0 Å². The van der Waals surface area contributed by atoms with E-state index in [1.807, 2.05) is 8.95 Å². The molecule has 0 aromatic heterocycles. The van der Waals surface area contributed by atoms with Gasteiger partial charge in [0.25, 0.3) is 0 Å². The minimum atomic E-state index is -1.58. The third-order valence-electron chi connectivity index (χ3n) is 4.06. The molecule has 0 N–H and O–H groups in total. The van der Waals surface area contributed by atoms with E-state index in [2.05, 4.69) is 13.8 Å². The Morgan fingerprint density at radius 2 is 1.42 bits per heavy atom.